The zero-order chi connectivity index (χ0) is 27.2. The van der Waals surface area contributed by atoms with Crippen LogP contribution in [0.4, 0.5) is 8.78 Å². The molecule has 2 aromatic rings. The molecule has 38 heavy (non-hydrogen) atoms. The number of hydrogen-bond donors (Lipinski definition) is 2. The minimum absolute atomic E-state index is 0.0350. The number of sulfonamides is 1. The van der Waals surface area contributed by atoms with Gasteiger partial charge in [0.2, 0.25) is 10.0 Å². The van der Waals surface area contributed by atoms with Gasteiger partial charge in [0.25, 0.3) is 5.91 Å². The molecule has 0 bridgehead atoms. The molecule has 5 rings (SSSR count). The minimum Gasteiger partial charge on any atom is -0.394 e. The highest BCUT2D eigenvalue weighted by atomic mass is 35.5. The van der Waals surface area contributed by atoms with E-state index in [0.29, 0.717) is 56.5 Å². The molecule has 4 atom stereocenters. The molecule has 3 unspecified atom stereocenters. The van der Waals surface area contributed by atoms with Gasteiger partial charge in [-0.3, -0.25) is 4.79 Å². The Balaban J connectivity index is 1.57. The van der Waals surface area contributed by atoms with Gasteiger partial charge in [0.05, 0.1) is 23.6 Å². The van der Waals surface area contributed by atoms with Crippen molar-refractivity contribution < 1.29 is 32.2 Å². The van der Waals surface area contributed by atoms with Crippen molar-refractivity contribution in [2.75, 3.05) is 13.2 Å². The SMILES string of the molecule is O=C(C(O)C1(C2CCCC(c3cc(F)cc(F)c3)N2S(=O)(=O)c2ccc(Cl)cc2)CC1)N1CCC[C@H]1CO. The number of hydrogen-bond acceptors (Lipinski definition) is 5. The van der Waals surface area contributed by atoms with Crippen LogP contribution in [0.2, 0.25) is 5.02 Å². The topological polar surface area (TPSA) is 98.2 Å². The van der Waals surface area contributed by atoms with Gasteiger partial charge in [0.15, 0.2) is 0 Å². The third kappa shape index (κ3) is 4.86. The molecular formula is C27H31ClF2N2O5S. The standard InChI is InChI=1S/C27H31ClF2N2O5S/c28-18-6-8-22(9-7-18)38(36,37)32-23(17-13-19(29)15-20(30)14-17)4-1-5-24(32)27(10-11-27)25(34)26(35)31-12-2-3-21(31)16-33/h6-9,13-15,21,23-25,33-34H,1-5,10-12,16H2/t21-,23?,24?,25?/m0/s1. The Bertz CT molecular complexity index is 1280. The molecule has 0 spiro atoms. The van der Waals surface area contributed by atoms with Crippen LogP contribution < -0.4 is 0 Å². The van der Waals surface area contributed by atoms with Crippen LogP contribution in [-0.2, 0) is 14.8 Å². The lowest BCUT2D eigenvalue weighted by molar-refractivity contribution is -0.147. The molecule has 7 nitrogen and oxygen atoms in total. The summed E-state index contributed by atoms with van der Waals surface area (Å²) < 4.78 is 58.1. The molecule has 3 aliphatic rings. The number of nitrogens with zero attached hydrogens (tertiary/aromatic N) is 2. The predicted molar refractivity (Wildman–Crippen MR) is 137 cm³/mol. The second-order valence-corrected chi connectivity index (χ2v) is 12.9. The van der Waals surface area contributed by atoms with Gasteiger partial charge in [-0.15, -0.1) is 0 Å². The number of aliphatic hydroxyl groups excluding tert-OH is 2. The van der Waals surface area contributed by atoms with E-state index in [2.05, 4.69) is 0 Å². The number of piperidine rings is 1. The quantitative estimate of drug-likeness (QED) is 0.526. The summed E-state index contributed by atoms with van der Waals surface area (Å²) in [6.07, 6.45) is 2.00. The van der Waals surface area contributed by atoms with Crippen molar-refractivity contribution in [3.8, 4) is 0 Å². The lowest BCUT2D eigenvalue weighted by atomic mass is 9.81. The summed E-state index contributed by atoms with van der Waals surface area (Å²) >= 11 is 6.00. The first kappa shape index (κ1) is 27.5. The highest BCUT2D eigenvalue weighted by Crippen LogP contribution is 2.59. The number of benzene rings is 2. The van der Waals surface area contributed by atoms with Gasteiger partial charge in [-0.1, -0.05) is 11.6 Å². The first-order valence-electron chi connectivity index (χ1n) is 12.9. The van der Waals surface area contributed by atoms with E-state index in [9.17, 15) is 32.2 Å². The highest BCUT2D eigenvalue weighted by molar-refractivity contribution is 7.89. The largest absolute Gasteiger partial charge is 0.394 e. The van der Waals surface area contributed by atoms with Crippen LogP contribution in [-0.4, -0.2) is 65.1 Å². The van der Waals surface area contributed by atoms with Gasteiger partial charge in [-0.05, 0) is 86.9 Å². The molecule has 2 saturated heterocycles. The summed E-state index contributed by atoms with van der Waals surface area (Å²) in [6.45, 7) is 0.207. The fourth-order valence-corrected chi connectivity index (χ4v) is 8.38. The van der Waals surface area contributed by atoms with Crippen molar-refractivity contribution >= 4 is 27.5 Å². The van der Waals surface area contributed by atoms with Crippen molar-refractivity contribution in [1.82, 2.24) is 9.21 Å². The van der Waals surface area contributed by atoms with Crippen LogP contribution in [0.15, 0.2) is 47.4 Å². The van der Waals surface area contributed by atoms with E-state index in [-0.39, 0.29) is 23.1 Å². The van der Waals surface area contributed by atoms with Crippen LogP contribution in [0.5, 0.6) is 0 Å². The summed E-state index contributed by atoms with van der Waals surface area (Å²) in [4.78, 5) is 14.9. The molecule has 206 valence electrons. The highest BCUT2D eigenvalue weighted by Gasteiger charge is 2.62. The summed E-state index contributed by atoms with van der Waals surface area (Å²) in [7, 11) is -4.23. The number of amides is 1. The molecule has 0 aromatic heterocycles. The van der Waals surface area contributed by atoms with Crippen molar-refractivity contribution in [1.29, 1.82) is 0 Å². The Labute approximate surface area is 226 Å². The zero-order valence-electron chi connectivity index (χ0n) is 20.8. The number of aliphatic hydroxyl groups is 2. The Kier molecular flexibility index (Phi) is 7.56. The Hall–Kier alpha value is -2.11. The van der Waals surface area contributed by atoms with Gasteiger partial charge in [-0.2, -0.15) is 4.31 Å². The maximum atomic E-state index is 14.3. The summed E-state index contributed by atoms with van der Waals surface area (Å²) in [6, 6.07) is 6.63. The molecule has 2 N–H and O–H groups in total. The molecule has 1 saturated carbocycles. The normalized spacial score (nSPS) is 26.3. The van der Waals surface area contributed by atoms with Crippen molar-refractivity contribution in [2.45, 2.75) is 74.1 Å². The van der Waals surface area contributed by atoms with Crippen LogP contribution in [0, 0.1) is 17.0 Å². The van der Waals surface area contributed by atoms with E-state index in [0.717, 1.165) is 18.2 Å². The maximum Gasteiger partial charge on any atom is 0.252 e. The molecule has 2 heterocycles. The van der Waals surface area contributed by atoms with Gasteiger partial charge in [0.1, 0.15) is 17.7 Å². The van der Waals surface area contributed by atoms with Crippen LogP contribution in [0.3, 0.4) is 0 Å². The predicted octanol–water partition coefficient (Wildman–Crippen LogP) is 4.03. The number of carbonyl (C=O) groups is 1. The van der Waals surface area contributed by atoms with Crippen LogP contribution in [0.25, 0.3) is 0 Å². The van der Waals surface area contributed by atoms with Gasteiger partial charge in [-0.25, -0.2) is 17.2 Å². The average Bonchev–Trinajstić information content (AvgIpc) is 3.56. The second-order valence-electron chi connectivity index (χ2n) is 10.6. The fourth-order valence-electron chi connectivity index (χ4n) is 6.31. The smallest absolute Gasteiger partial charge is 0.252 e. The molecule has 1 aliphatic carbocycles. The summed E-state index contributed by atoms with van der Waals surface area (Å²) in [5, 5.41) is 21.5. The van der Waals surface area contributed by atoms with E-state index in [1.165, 1.54) is 33.5 Å². The second kappa shape index (κ2) is 10.5. The zero-order valence-corrected chi connectivity index (χ0v) is 22.3. The van der Waals surface area contributed by atoms with Gasteiger partial charge >= 0.3 is 0 Å². The van der Waals surface area contributed by atoms with E-state index in [1.807, 2.05) is 0 Å². The maximum absolute atomic E-state index is 14.3. The molecule has 3 fully saturated rings. The van der Waals surface area contributed by atoms with Crippen molar-refractivity contribution in [2.24, 2.45) is 5.41 Å². The van der Waals surface area contributed by atoms with E-state index < -0.39 is 51.2 Å². The first-order valence-corrected chi connectivity index (χ1v) is 14.7. The first-order chi connectivity index (χ1) is 18.1. The van der Waals surface area contributed by atoms with E-state index in [4.69, 9.17) is 11.6 Å². The Morgan fingerprint density at radius 2 is 1.71 bits per heavy atom. The Morgan fingerprint density at radius 3 is 2.32 bits per heavy atom. The van der Waals surface area contributed by atoms with Crippen LogP contribution >= 0.6 is 11.6 Å². The molecule has 2 aromatic carbocycles. The number of likely N-dealkylation sites (tertiary alicyclic amines) is 1. The molecular weight excluding hydrogens is 538 g/mol. The van der Waals surface area contributed by atoms with Crippen LogP contribution in [0.1, 0.15) is 56.6 Å². The Morgan fingerprint density at radius 1 is 1.05 bits per heavy atom. The number of halogens is 3. The van der Waals surface area contributed by atoms with Gasteiger partial charge < -0.3 is 15.1 Å². The monoisotopic (exact) mass is 568 g/mol. The number of carbonyl (C=O) groups excluding carboxylic acids is 1. The molecule has 2 aliphatic heterocycles. The lowest BCUT2D eigenvalue weighted by Gasteiger charge is -2.46. The summed E-state index contributed by atoms with van der Waals surface area (Å²) in [5.74, 6) is -2.14. The minimum atomic E-state index is -4.23. The fraction of sp³-hybridized carbons (Fsp3) is 0.519. The third-order valence-electron chi connectivity index (χ3n) is 8.37. The van der Waals surface area contributed by atoms with Crippen molar-refractivity contribution in [3.05, 3.63) is 64.7 Å². The van der Waals surface area contributed by atoms with Gasteiger partial charge in [0, 0.05) is 29.1 Å². The lowest BCUT2D eigenvalue weighted by Crippen LogP contribution is -2.56. The third-order valence-corrected chi connectivity index (χ3v) is 10.6. The molecule has 1 amide bonds. The van der Waals surface area contributed by atoms with E-state index >= 15 is 0 Å². The average molecular weight is 569 g/mol. The summed E-state index contributed by atoms with van der Waals surface area (Å²) in [5.41, 5.74) is -0.856. The number of rotatable bonds is 7. The van der Waals surface area contributed by atoms with Crippen molar-refractivity contribution in [3.63, 3.8) is 0 Å². The molecule has 0 radical (unpaired) electrons. The van der Waals surface area contributed by atoms with E-state index in [1.54, 1.807) is 0 Å². The molecule has 11 heteroatoms.